The first-order valence-corrected chi connectivity index (χ1v) is 9.90. The third kappa shape index (κ3) is 4.79. The smallest absolute Gasteiger partial charge is 0.338 e. The molecule has 0 unspecified atom stereocenters. The van der Waals surface area contributed by atoms with E-state index in [1.54, 1.807) is 13.8 Å². The second-order valence-corrected chi connectivity index (χ2v) is 7.65. The second kappa shape index (κ2) is 9.03. The summed E-state index contributed by atoms with van der Waals surface area (Å²) in [7, 11) is -4.12. The summed E-state index contributed by atoms with van der Waals surface area (Å²) in [5.74, 6) is -3.05. The van der Waals surface area contributed by atoms with Crippen molar-refractivity contribution in [3.05, 3.63) is 65.2 Å². The molecule has 0 fully saturated rings. The minimum Gasteiger partial charge on any atom is -0.454 e. The molecule has 0 aliphatic rings. The largest absolute Gasteiger partial charge is 0.454 e. The maximum absolute atomic E-state index is 14.1. The molecule has 28 heavy (non-hydrogen) atoms. The van der Waals surface area contributed by atoms with Gasteiger partial charge in [0, 0.05) is 18.7 Å². The van der Waals surface area contributed by atoms with Gasteiger partial charge in [0.05, 0.1) is 5.56 Å². The highest BCUT2D eigenvalue weighted by Gasteiger charge is 2.26. The summed E-state index contributed by atoms with van der Waals surface area (Å²) < 4.78 is 57.9. The molecule has 0 heterocycles. The Morgan fingerprint density at radius 3 is 2.11 bits per heavy atom. The summed E-state index contributed by atoms with van der Waals surface area (Å²) in [6, 6.07) is 7.50. The zero-order valence-electron chi connectivity index (χ0n) is 15.3. The van der Waals surface area contributed by atoms with Crippen molar-refractivity contribution in [1.82, 2.24) is 4.31 Å². The predicted octanol–water partition coefficient (Wildman–Crippen LogP) is 3.04. The van der Waals surface area contributed by atoms with Gasteiger partial charge in [-0.25, -0.2) is 22.0 Å². The molecular formula is C19H19F2NO5S. The molecule has 2 rings (SSSR count). The monoisotopic (exact) mass is 411 g/mol. The van der Waals surface area contributed by atoms with Crippen molar-refractivity contribution in [2.24, 2.45) is 0 Å². The van der Waals surface area contributed by atoms with Crippen LogP contribution >= 0.6 is 0 Å². The van der Waals surface area contributed by atoms with Gasteiger partial charge < -0.3 is 4.74 Å². The molecule has 0 amide bonds. The Hall–Kier alpha value is -2.65. The quantitative estimate of drug-likeness (QED) is 0.493. The van der Waals surface area contributed by atoms with Gasteiger partial charge in [-0.05, 0) is 42.5 Å². The number of benzene rings is 2. The van der Waals surface area contributed by atoms with E-state index in [0.717, 1.165) is 34.6 Å². The Kier molecular flexibility index (Phi) is 6.98. The number of esters is 1. The molecule has 0 bridgehead atoms. The number of carbonyl (C=O) groups excluding carboxylic acids is 2. The average Bonchev–Trinajstić information content (AvgIpc) is 2.67. The van der Waals surface area contributed by atoms with E-state index in [1.165, 1.54) is 12.1 Å². The number of hydrogen-bond donors (Lipinski definition) is 0. The summed E-state index contributed by atoms with van der Waals surface area (Å²) >= 11 is 0. The number of carbonyl (C=O) groups is 2. The molecule has 9 heteroatoms. The summed E-state index contributed by atoms with van der Waals surface area (Å²) in [5.41, 5.74) is -0.0582. The van der Waals surface area contributed by atoms with Crippen molar-refractivity contribution in [3.63, 3.8) is 0 Å². The Balaban J connectivity index is 2.18. The van der Waals surface area contributed by atoms with Crippen LogP contribution < -0.4 is 0 Å². The van der Waals surface area contributed by atoms with Crippen molar-refractivity contribution in [2.75, 3.05) is 19.7 Å². The van der Waals surface area contributed by atoms with E-state index >= 15 is 0 Å². The number of ether oxygens (including phenoxy) is 1. The van der Waals surface area contributed by atoms with E-state index in [1.807, 2.05) is 0 Å². The third-order valence-electron chi connectivity index (χ3n) is 3.99. The molecule has 2 aromatic carbocycles. The van der Waals surface area contributed by atoms with Gasteiger partial charge in [0.25, 0.3) is 0 Å². The van der Waals surface area contributed by atoms with Crippen LogP contribution in [-0.4, -0.2) is 44.2 Å². The number of Topliss-reactive ketones (excluding diaryl/α,β-unsaturated/α-hetero) is 1. The van der Waals surface area contributed by atoms with E-state index in [2.05, 4.69) is 0 Å². The predicted molar refractivity (Wildman–Crippen MR) is 97.5 cm³/mol. The molecule has 0 saturated carbocycles. The first-order valence-electron chi connectivity index (χ1n) is 8.46. The minimum atomic E-state index is -4.12. The van der Waals surface area contributed by atoms with E-state index in [0.29, 0.717) is 0 Å². The molecule has 0 aliphatic carbocycles. The van der Waals surface area contributed by atoms with Crippen LogP contribution in [-0.2, 0) is 14.8 Å². The maximum Gasteiger partial charge on any atom is 0.338 e. The summed E-state index contributed by atoms with van der Waals surface area (Å²) in [6.45, 7) is 2.87. The molecule has 0 aromatic heterocycles. The van der Waals surface area contributed by atoms with Gasteiger partial charge in [0.2, 0.25) is 10.0 Å². The summed E-state index contributed by atoms with van der Waals surface area (Å²) in [5, 5.41) is 0. The van der Waals surface area contributed by atoms with Crippen LogP contribution in [0, 0.1) is 11.6 Å². The van der Waals surface area contributed by atoms with Crippen LogP contribution in [0.2, 0.25) is 0 Å². The fourth-order valence-corrected chi connectivity index (χ4v) is 4.01. The van der Waals surface area contributed by atoms with Crippen molar-refractivity contribution >= 4 is 21.8 Å². The Morgan fingerprint density at radius 2 is 1.54 bits per heavy atom. The van der Waals surface area contributed by atoms with Gasteiger partial charge in [-0.2, -0.15) is 4.31 Å². The summed E-state index contributed by atoms with van der Waals surface area (Å²) in [4.78, 5) is 23.5. The number of halogens is 2. The zero-order chi connectivity index (χ0) is 20.9. The molecular weight excluding hydrogens is 392 g/mol. The van der Waals surface area contributed by atoms with Crippen molar-refractivity contribution in [1.29, 1.82) is 0 Å². The highest BCUT2D eigenvalue weighted by molar-refractivity contribution is 7.89. The Bertz CT molecular complexity index is 970. The van der Waals surface area contributed by atoms with Crippen LogP contribution in [0.25, 0.3) is 0 Å². The summed E-state index contributed by atoms with van der Waals surface area (Å²) in [6.07, 6.45) is 0. The van der Waals surface area contributed by atoms with Gasteiger partial charge in [0.15, 0.2) is 12.4 Å². The Morgan fingerprint density at radius 1 is 0.964 bits per heavy atom. The molecule has 0 N–H and O–H groups in total. The van der Waals surface area contributed by atoms with Gasteiger partial charge in [-0.1, -0.05) is 13.8 Å². The van der Waals surface area contributed by atoms with E-state index in [4.69, 9.17) is 4.74 Å². The lowest BCUT2D eigenvalue weighted by molar-refractivity contribution is 0.0474. The van der Waals surface area contributed by atoms with Crippen molar-refractivity contribution in [3.8, 4) is 0 Å². The lowest BCUT2D eigenvalue weighted by Crippen LogP contribution is -2.31. The standard InChI is InChI=1S/C19H19F2NO5S/c1-3-22(4-2)28(25,26)18-11-14(7-10-16(18)21)19(24)27-12-17(23)13-5-8-15(20)9-6-13/h5-11H,3-4,12H2,1-2H3. The highest BCUT2D eigenvalue weighted by Crippen LogP contribution is 2.21. The first-order chi connectivity index (χ1) is 13.2. The fraction of sp³-hybridized carbons (Fsp3) is 0.263. The molecule has 150 valence electrons. The molecule has 2 aromatic rings. The number of rotatable bonds is 8. The van der Waals surface area contributed by atoms with Crippen LogP contribution in [0.5, 0.6) is 0 Å². The normalized spacial score (nSPS) is 11.5. The molecule has 0 saturated heterocycles. The van der Waals surface area contributed by atoms with Gasteiger partial charge in [-0.3, -0.25) is 4.79 Å². The lowest BCUT2D eigenvalue weighted by Gasteiger charge is -2.19. The first kappa shape index (κ1) is 21.6. The maximum atomic E-state index is 14.1. The van der Waals surface area contributed by atoms with E-state index in [9.17, 15) is 26.8 Å². The molecule has 0 atom stereocenters. The number of hydrogen-bond acceptors (Lipinski definition) is 5. The lowest BCUT2D eigenvalue weighted by atomic mass is 10.1. The minimum absolute atomic E-state index is 0.138. The van der Waals surface area contributed by atoms with Gasteiger partial charge >= 0.3 is 5.97 Å². The van der Waals surface area contributed by atoms with Crippen LogP contribution in [0.4, 0.5) is 8.78 Å². The second-order valence-electron chi connectivity index (χ2n) is 5.74. The van der Waals surface area contributed by atoms with Gasteiger partial charge in [-0.15, -0.1) is 0 Å². The van der Waals surface area contributed by atoms with Crippen LogP contribution in [0.1, 0.15) is 34.6 Å². The van der Waals surface area contributed by atoms with E-state index < -0.39 is 44.9 Å². The molecule has 0 spiro atoms. The van der Waals surface area contributed by atoms with E-state index in [-0.39, 0.29) is 24.2 Å². The SMILES string of the molecule is CCN(CC)S(=O)(=O)c1cc(C(=O)OCC(=O)c2ccc(F)cc2)ccc1F. The molecule has 0 aliphatic heterocycles. The number of ketones is 1. The van der Waals surface area contributed by atoms with Crippen molar-refractivity contribution in [2.45, 2.75) is 18.7 Å². The zero-order valence-corrected chi connectivity index (χ0v) is 16.1. The Labute approximate surface area is 161 Å². The number of sulfonamides is 1. The molecule has 6 nitrogen and oxygen atoms in total. The van der Waals surface area contributed by atoms with Crippen molar-refractivity contribution < 1.29 is 31.5 Å². The van der Waals surface area contributed by atoms with Crippen LogP contribution in [0.3, 0.4) is 0 Å². The average molecular weight is 411 g/mol. The molecule has 0 radical (unpaired) electrons. The highest BCUT2D eigenvalue weighted by atomic mass is 32.2. The number of nitrogens with zero attached hydrogens (tertiary/aromatic N) is 1. The third-order valence-corrected chi connectivity index (χ3v) is 6.06. The van der Waals surface area contributed by atoms with Crippen LogP contribution in [0.15, 0.2) is 47.4 Å². The topological polar surface area (TPSA) is 80.8 Å². The fourth-order valence-electron chi connectivity index (χ4n) is 2.46. The van der Waals surface area contributed by atoms with Gasteiger partial charge in [0.1, 0.15) is 16.5 Å².